The third kappa shape index (κ3) is 2.11. The van der Waals surface area contributed by atoms with E-state index in [2.05, 4.69) is 29.8 Å². The van der Waals surface area contributed by atoms with E-state index in [0.717, 1.165) is 29.7 Å². The highest BCUT2D eigenvalue weighted by Gasteiger charge is 2.34. The first-order valence-corrected chi connectivity index (χ1v) is 6.72. The number of hydrogen-bond donors (Lipinski definition) is 0. The summed E-state index contributed by atoms with van der Waals surface area (Å²) in [4.78, 5) is 18.4. The van der Waals surface area contributed by atoms with Crippen LogP contribution in [0.3, 0.4) is 0 Å². The number of anilines is 1. The van der Waals surface area contributed by atoms with Crippen molar-refractivity contribution in [2.75, 3.05) is 25.1 Å². The normalized spacial score (nSPS) is 16.9. The molecule has 4 nitrogen and oxygen atoms in total. The van der Waals surface area contributed by atoms with Gasteiger partial charge in [-0.05, 0) is 29.7 Å². The number of benzene rings is 1. The number of methoxy groups -OCH3 is 1. The van der Waals surface area contributed by atoms with Crippen LogP contribution in [0, 0.1) is 5.41 Å². The summed E-state index contributed by atoms with van der Waals surface area (Å²) in [6.45, 7) is 6.58. The molecule has 0 atom stereocenters. The Bertz CT molecular complexity index is 671. The Labute approximate surface area is 118 Å². The van der Waals surface area contributed by atoms with Crippen molar-refractivity contribution in [1.29, 1.82) is 0 Å². The van der Waals surface area contributed by atoms with Crippen LogP contribution in [-0.4, -0.2) is 31.2 Å². The minimum Gasteiger partial charge on any atom is -0.465 e. The van der Waals surface area contributed by atoms with E-state index in [0.29, 0.717) is 11.0 Å². The van der Waals surface area contributed by atoms with Gasteiger partial charge in [-0.2, -0.15) is 0 Å². The van der Waals surface area contributed by atoms with Crippen LogP contribution in [0.25, 0.3) is 10.9 Å². The van der Waals surface area contributed by atoms with Gasteiger partial charge in [-0.25, -0.2) is 4.79 Å². The maximum atomic E-state index is 11.8. The van der Waals surface area contributed by atoms with Crippen molar-refractivity contribution < 1.29 is 9.53 Å². The molecular weight excluding hydrogens is 252 g/mol. The van der Waals surface area contributed by atoms with E-state index in [4.69, 9.17) is 4.74 Å². The average molecular weight is 270 g/mol. The van der Waals surface area contributed by atoms with Gasteiger partial charge in [-0.3, -0.25) is 4.98 Å². The molecule has 104 valence electrons. The molecule has 0 N–H and O–H groups in total. The quantitative estimate of drug-likeness (QED) is 0.787. The van der Waals surface area contributed by atoms with Crippen LogP contribution in [0.4, 0.5) is 5.69 Å². The molecule has 0 aliphatic carbocycles. The number of nitrogens with zero attached hydrogens (tertiary/aromatic N) is 2. The highest BCUT2D eigenvalue weighted by molar-refractivity contribution is 6.04. The molecule has 2 heterocycles. The maximum absolute atomic E-state index is 11.8. The molecule has 1 aliphatic heterocycles. The molecule has 0 radical (unpaired) electrons. The lowest BCUT2D eigenvalue weighted by atomic mass is 9.84. The molecule has 1 aromatic carbocycles. The third-order valence-electron chi connectivity index (χ3n) is 3.73. The Hall–Kier alpha value is -2.10. The summed E-state index contributed by atoms with van der Waals surface area (Å²) < 4.78 is 4.84. The lowest BCUT2D eigenvalue weighted by Crippen LogP contribution is -2.53. The first-order chi connectivity index (χ1) is 9.50. The smallest absolute Gasteiger partial charge is 0.338 e. The summed E-state index contributed by atoms with van der Waals surface area (Å²) in [5.41, 5.74) is 2.89. The summed E-state index contributed by atoms with van der Waals surface area (Å²) in [7, 11) is 1.40. The minimum atomic E-state index is -0.321. The first-order valence-electron chi connectivity index (χ1n) is 6.72. The van der Waals surface area contributed by atoms with Crippen LogP contribution >= 0.6 is 0 Å². The summed E-state index contributed by atoms with van der Waals surface area (Å²) >= 11 is 0. The third-order valence-corrected chi connectivity index (χ3v) is 3.73. The van der Waals surface area contributed by atoms with E-state index >= 15 is 0 Å². The molecule has 1 aromatic heterocycles. The fraction of sp³-hybridized carbons (Fsp3) is 0.375. The monoisotopic (exact) mass is 270 g/mol. The van der Waals surface area contributed by atoms with Gasteiger partial charge >= 0.3 is 5.97 Å². The average Bonchev–Trinajstić information content (AvgIpc) is 2.42. The van der Waals surface area contributed by atoms with Crippen LogP contribution in [-0.2, 0) is 4.74 Å². The Morgan fingerprint density at radius 1 is 1.30 bits per heavy atom. The molecule has 0 bridgehead atoms. The number of aromatic nitrogens is 1. The maximum Gasteiger partial charge on any atom is 0.338 e. The molecule has 0 unspecified atom stereocenters. The van der Waals surface area contributed by atoms with Crippen LogP contribution in [0.1, 0.15) is 24.2 Å². The molecule has 20 heavy (non-hydrogen) atoms. The van der Waals surface area contributed by atoms with Crippen molar-refractivity contribution in [1.82, 2.24) is 4.98 Å². The second kappa shape index (κ2) is 4.47. The molecule has 1 saturated heterocycles. The fourth-order valence-electron chi connectivity index (χ4n) is 2.79. The van der Waals surface area contributed by atoms with Gasteiger partial charge in [-0.1, -0.05) is 13.8 Å². The zero-order valence-electron chi connectivity index (χ0n) is 12.0. The van der Waals surface area contributed by atoms with Gasteiger partial charge < -0.3 is 9.64 Å². The van der Waals surface area contributed by atoms with Crippen molar-refractivity contribution >= 4 is 22.6 Å². The zero-order chi connectivity index (χ0) is 14.3. The zero-order valence-corrected chi connectivity index (χ0v) is 12.0. The largest absolute Gasteiger partial charge is 0.465 e. The lowest BCUT2D eigenvalue weighted by molar-refractivity contribution is 0.0603. The highest BCUT2D eigenvalue weighted by Crippen LogP contribution is 2.35. The van der Waals surface area contributed by atoms with Crippen molar-refractivity contribution in [3.05, 3.63) is 36.0 Å². The molecule has 3 rings (SSSR count). The molecule has 0 spiro atoms. The number of pyridine rings is 1. The summed E-state index contributed by atoms with van der Waals surface area (Å²) in [5, 5.41) is 0.849. The van der Waals surface area contributed by atoms with Gasteiger partial charge in [0.1, 0.15) is 0 Å². The molecule has 0 amide bonds. The van der Waals surface area contributed by atoms with E-state index in [1.165, 1.54) is 7.11 Å². The number of rotatable bonds is 2. The van der Waals surface area contributed by atoms with Crippen molar-refractivity contribution in [2.24, 2.45) is 5.41 Å². The van der Waals surface area contributed by atoms with E-state index in [-0.39, 0.29) is 5.97 Å². The first kappa shape index (κ1) is 12.9. The SMILES string of the molecule is COC(=O)c1ccnc2ccc(N3CC(C)(C)C3)cc12. The second-order valence-electron chi connectivity index (χ2n) is 6.07. The van der Waals surface area contributed by atoms with Crippen molar-refractivity contribution in [3.63, 3.8) is 0 Å². The van der Waals surface area contributed by atoms with E-state index < -0.39 is 0 Å². The molecule has 0 saturated carbocycles. The van der Waals surface area contributed by atoms with Gasteiger partial charge in [0.05, 0.1) is 18.2 Å². The molecule has 2 aromatic rings. The number of carbonyl (C=O) groups is 1. The van der Waals surface area contributed by atoms with E-state index in [9.17, 15) is 4.79 Å². The Morgan fingerprint density at radius 3 is 2.70 bits per heavy atom. The topological polar surface area (TPSA) is 42.4 Å². The molecule has 1 aliphatic rings. The predicted molar refractivity (Wildman–Crippen MR) is 79.1 cm³/mol. The predicted octanol–water partition coefficient (Wildman–Crippen LogP) is 2.87. The number of fused-ring (bicyclic) bond motifs is 1. The molecular formula is C16H18N2O2. The molecule has 4 heteroatoms. The van der Waals surface area contributed by atoms with Crippen LogP contribution in [0.15, 0.2) is 30.5 Å². The van der Waals surface area contributed by atoms with E-state index in [1.807, 2.05) is 12.1 Å². The number of esters is 1. The van der Waals surface area contributed by atoms with Crippen LogP contribution in [0.2, 0.25) is 0 Å². The second-order valence-corrected chi connectivity index (χ2v) is 6.07. The summed E-state index contributed by atoms with van der Waals surface area (Å²) in [6.07, 6.45) is 1.64. The van der Waals surface area contributed by atoms with E-state index in [1.54, 1.807) is 12.3 Å². The van der Waals surface area contributed by atoms with Gasteiger partial charge in [0.25, 0.3) is 0 Å². The van der Waals surface area contributed by atoms with Gasteiger partial charge in [-0.15, -0.1) is 0 Å². The van der Waals surface area contributed by atoms with Gasteiger partial charge in [0.15, 0.2) is 0 Å². The van der Waals surface area contributed by atoms with Crippen LogP contribution < -0.4 is 4.90 Å². The number of carbonyl (C=O) groups excluding carboxylic acids is 1. The summed E-state index contributed by atoms with van der Waals surface area (Å²) in [6, 6.07) is 7.76. The molecule has 1 fully saturated rings. The minimum absolute atomic E-state index is 0.321. The fourth-order valence-corrected chi connectivity index (χ4v) is 2.79. The number of hydrogen-bond acceptors (Lipinski definition) is 4. The van der Waals surface area contributed by atoms with Crippen molar-refractivity contribution in [3.8, 4) is 0 Å². The Balaban J connectivity index is 2.03. The Morgan fingerprint density at radius 2 is 2.05 bits per heavy atom. The summed E-state index contributed by atoms with van der Waals surface area (Å²) in [5.74, 6) is -0.321. The van der Waals surface area contributed by atoms with Crippen LogP contribution in [0.5, 0.6) is 0 Å². The van der Waals surface area contributed by atoms with Gasteiger partial charge in [0.2, 0.25) is 0 Å². The van der Waals surface area contributed by atoms with Gasteiger partial charge in [0, 0.05) is 30.4 Å². The number of ether oxygens (including phenoxy) is 1. The highest BCUT2D eigenvalue weighted by atomic mass is 16.5. The lowest BCUT2D eigenvalue weighted by Gasteiger charge is -2.47. The van der Waals surface area contributed by atoms with Crippen molar-refractivity contribution in [2.45, 2.75) is 13.8 Å². The standard InChI is InChI=1S/C16H18N2O2/c1-16(2)9-18(10-16)11-4-5-14-13(8-11)12(6-7-17-14)15(19)20-3/h4-8H,9-10H2,1-3H3. The Kier molecular flexibility index (Phi) is 2.89.